The highest BCUT2D eigenvalue weighted by atomic mass is 19.1. The lowest BCUT2D eigenvalue weighted by Gasteiger charge is -2.32. The number of hydrogen-bond acceptors (Lipinski definition) is 5. The van der Waals surface area contributed by atoms with Gasteiger partial charge in [0.25, 0.3) is 0 Å². The fourth-order valence-electron chi connectivity index (χ4n) is 6.27. The van der Waals surface area contributed by atoms with Crippen LogP contribution in [0.3, 0.4) is 0 Å². The van der Waals surface area contributed by atoms with E-state index in [0.717, 1.165) is 82.4 Å². The molecule has 0 radical (unpaired) electrons. The van der Waals surface area contributed by atoms with Crippen LogP contribution in [0.5, 0.6) is 5.75 Å². The first kappa shape index (κ1) is 28.8. The Labute approximate surface area is 251 Å². The zero-order valence-electron chi connectivity index (χ0n) is 24.7. The zero-order chi connectivity index (χ0) is 29.9. The maximum absolute atomic E-state index is 14.4. The van der Waals surface area contributed by atoms with Gasteiger partial charge < -0.3 is 19.3 Å². The van der Waals surface area contributed by atoms with Crippen LogP contribution in [0.25, 0.3) is 32.8 Å². The standard InChI is InChI=1S/C35H37FN4O3/c1-24-23-37-32(36)22-30(24)29-12-6-11-27-28(13-7-21-43-31-14-5-9-25-8-3-4-10-26(25)31)34(35(41)42)40(33(27)29)20-19-39-17-15-38(2)16-18-39/h3-6,8-12,14,22-23H,7,13,15-21H2,1-2H3,(H,41,42). The predicted octanol–water partition coefficient (Wildman–Crippen LogP) is 6.26. The Morgan fingerprint density at radius 3 is 2.51 bits per heavy atom. The molecule has 222 valence electrons. The van der Waals surface area contributed by atoms with E-state index in [1.165, 1.54) is 12.3 Å². The van der Waals surface area contributed by atoms with Crippen LogP contribution < -0.4 is 4.74 Å². The first-order chi connectivity index (χ1) is 20.9. The molecule has 1 fully saturated rings. The summed E-state index contributed by atoms with van der Waals surface area (Å²) in [7, 11) is 2.12. The molecule has 1 aliphatic heterocycles. The molecular formula is C35H37FN4O3. The van der Waals surface area contributed by atoms with Gasteiger partial charge in [-0.15, -0.1) is 0 Å². The topological polar surface area (TPSA) is 70.8 Å². The number of ether oxygens (including phenoxy) is 1. The molecule has 2 aromatic heterocycles. The lowest BCUT2D eigenvalue weighted by atomic mass is 9.98. The van der Waals surface area contributed by atoms with Crippen molar-refractivity contribution in [1.82, 2.24) is 19.4 Å². The van der Waals surface area contributed by atoms with Crippen LogP contribution in [0, 0.1) is 12.9 Å². The van der Waals surface area contributed by atoms with Crippen molar-refractivity contribution in [2.45, 2.75) is 26.3 Å². The van der Waals surface area contributed by atoms with E-state index < -0.39 is 11.9 Å². The molecule has 0 amide bonds. The number of carboxylic acid groups (broad SMARTS) is 1. The molecule has 3 aromatic carbocycles. The third-order valence-corrected chi connectivity index (χ3v) is 8.56. The maximum atomic E-state index is 14.4. The molecule has 3 heterocycles. The normalized spacial score (nSPS) is 14.5. The molecule has 7 nitrogen and oxygen atoms in total. The van der Waals surface area contributed by atoms with E-state index in [9.17, 15) is 14.3 Å². The molecular weight excluding hydrogens is 543 g/mol. The summed E-state index contributed by atoms with van der Waals surface area (Å²) in [5, 5.41) is 13.6. The number of benzene rings is 3. The van der Waals surface area contributed by atoms with Crippen LogP contribution >= 0.6 is 0 Å². The number of halogens is 1. The van der Waals surface area contributed by atoms with E-state index in [0.29, 0.717) is 31.7 Å². The molecule has 5 aromatic rings. The van der Waals surface area contributed by atoms with Gasteiger partial charge in [0.05, 0.1) is 12.1 Å². The highest BCUT2D eigenvalue weighted by Gasteiger charge is 2.26. The Bertz CT molecular complexity index is 1770. The quantitative estimate of drug-likeness (QED) is 0.155. The molecule has 6 rings (SSSR count). The van der Waals surface area contributed by atoms with Crippen LogP contribution in [0.2, 0.25) is 0 Å². The number of likely N-dealkylation sites (N-methyl/N-ethyl adjacent to an activating group) is 1. The lowest BCUT2D eigenvalue weighted by molar-refractivity contribution is 0.0682. The number of hydrogen-bond donors (Lipinski definition) is 1. The van der Waals surface area contributed by atoms with Gasteiger partial charge in [-0.2, -0.15) is 4.39 Å². The number of carboxylic acids is 1. The number of aromatic carboxylic acids is 1. The number of pyridine rings is 1. The van der Waals surface area contributed by atoms with E-state index >= 15 is 0 Å². The minimum absolute atomic E-state index is 0.300. The minimum Gasteiger partial charge on any atom is -0.493 e. The molecule has 0 unspecified atom stereocenters. The Kier molecular flexibility index (Phi) is 8.40. The van der Waals surface area contributed by atoms with Crippen molar-refractivity contribution < 1.29 is 19.0 Å². The molecule has 0 bridgehead atoms. The van der Waals surface area contributed by atoms with E-state index in [2.05, 4.69) is 34.0 Å². The van der Waals surface area contributed by atoms with Gasteiger partial charge in [-0.05, 0) is 55.0 Å². The molecule has 0 spiro atoms. The van der Waals surface area contributed by atoms with E-state index in [1.807, 2.05) is 60.0 Å². The van der Waals surface area contributed by atoms with E-state index in [-0.39, 0.29) is 0 Å². The third kappa shape index (κ3) is 5.98. The maximum Gasteiger partial charge on any atom is 0.352 e. The number of nitrogens with zero attached hydrogens (tertiary/aromatic N) is 4. The SMILES string of the molecule is Cc1cnc(F)cc1-c1cccc2c(CCCOc3cccc4ccccc34)c(C(=O)O)n(CCN3CCN(C)CC3)c12. The van der Waals surface area contributed by atoms with E-state index in [1.54, 1.807) is 0 Å². The largest absolute Gasteiger partial charge is 0.493 e. The summed E-state index contributed by atoms with van der Waals surface area (Å²) in [5.74, 6) is -0.691. The summed E-state index contributed by atoms with van der Waals surface area (Å²) in [6.45, 7) is 7.48. The Balaban J connectivity index is 1.36. The van der Waals surface area contributed by atoms with Gasteiger partial charge in [0.2, 0.25) is 5.95 Å². The predicted molar refractivity (Wildman–Crippen MR) is 169 cm³/mol. The monoisotopic (exact) mass is 580 g/mol. The highest BCUT2D eigenvalue weighted by Crippen LogP contribution is 2.37. The Morgan fingerprint density at radius 2 is 1.70 bits per heavy atom. The molecule has 1 N–H and O–H groups in total. The van der Waals surface area contributed by atoms with Crippen LogP contribution in [0.1, 0.15) is 28.0 Å². The summed E-state index contributed by atoms with van der Waals surface area (Å²) in [5.41, 5.74) is 4.29. The van der Waals surface area contributed by atoms with Crippen LogP contribution in [-0.4, -0.2) is 76.8 Å². The average molecular weight is 581 g/mol. The van der Waals surface area contributed by atoms with Crippen molar-refractivity contribution in [1.29, 1.82) is 0 Å². The molecule has 0 aliphatic carbocycles. The van der Waals surface area contributed by atoms with Crippen LogP contribution in [0.15, 0.2) is 72.9 Å². The molecule has 8 heteroatoms. The lowest BCUT2D eigenvalue weighted by Crippen LogP contribution is -2.45. The van der Waals surface area contributed by atoms with Crippen molar-refractivity contribution in [3.05, 3.63) is 95.7 Å². The number of carbonyl (C=O) groups is 1. The zero-order valence-corrected chi connectivity index (χ0v) is 24.7. The van der Waals surface area contributed by atoms with Crippen LogP contribution in [0.4, 0.5) is 4.39 Å². The first-order valence-corrected chi connectivity index (χ1v) is 14.9. The third-order valence-electron chi connectivity index (χ3n) is 8.56. The van der Waals surface area contributed by atoms with Gasteiger partial charge in [0.1, 0.15) is 11.4 Å². The molecule has 0 atom stereocenters. The molecule has 43 heavy (non-hydrogen) atoms. The van der Waals surface area contributed by atoms with Gasteiger partial charge in [-0.3, -0.25) is 4.90 Å². The fraction of sp³-hybridized carbons (Fsp3) is 0.314. The molecule has 1 saturated heterocycles. The van der Waals surface area contributed by atoms with Crippen molar-refractivity contribution >= 4 is 27.6 Å². The first-order valence-electron chi connectivity index (χ1n) is 14.9. The molecule has 0 saturated carbocycles. The second-order valence-electron chi connectivity index (χ2n) is 11.4. The summed E-state index contributed by atoms with van der Waals surface area (Å²) in [4.78, 5) is 21.4. The Morgan fingerprint density at radius 1 is 0.953 bits per heavy atom. The van der Waals surface area contributed by atoms with Crippen molar-refractivity contribution in [3.8, 4) is 16.9 Å². The highest BCUT2D eigenvalue weighted by molar-refractivity contribution is 6.04. The van der Waals surface area contributed by atoms with Gasteiger partial charge in [-0.1, -0.05) is 54.6 Å². The summed E-state index contributed by atoms with van der Waals surface area (Å²) >= 11 is 0. The second kappa shape index (κ2) is 12.5. The summed E-state index contributed by atoms with van der Waals surface area (Å²) in [6, 6.07) is 21.5. The summed E-state index contributed by atoms with van der Waals surface area (Å²) < 4.78 is 22.5. The smallest absolute Gasteiger partial charge is 0.352 e. The van der Waals surface area contributed by atoms with Gasteiger partial charge in [-0.25, -0.2) is 9.78 Å². The number of aromatic nitrogens is 2. The van der Waals surface area contributed by atoms with Gasteiger partial charge in [0, 0.05) is 67.9 Å². The van der Waals surface area contributed by atoms with Crippen LogP contribution in [-0.2, 0) is 13.0 Å². The average Bonchev–Trinajstić information content (AvgIpc) is 3.34. The number of fused-ring (bicyclic) bond motifs is 2. The van der Waals surface area contributed by atoms with Crippen molar-refractivity contribution in [2.75, 3.05) is 46.4 Å². The number of aryl methyl sites for hydroxylation is 2. The number of rotatable bonds is 10. The number of piperazine rings is 1. The Hall–Kier alpha value is -4.27. The van der Waals surface area contributed by atoms with Crippen molar-refractivity contribution in [3.63, 3.8) is 0 Å². The van der Waals surface area contributed by atoms with Gasteiger partial charge >= 0.3 is 5.97 Å². The van der Waals surface area contributed by atoms with Crippen molar-refractivity contribution in [2.24, 2.45) is 0 Å². The molecule has 1 aliphatic rings. The minimum atomic E-state index is -0.955. The van der Waals surface area contributed by atoms with E-state index in [4.69, 9.17) is 4.74 Å². The second-order valence-corrected chi connectivity index (χ2v) is 11.4. The summed E-state index contributed by atoms with van der Waals surface area (Å²) in [6.07, 6.45) is 2.72. The fourth-order valence-corrected chi connectivity index (χ4v) is 6.27. The van der Waals surface area contributed by atoms with Gasteiger partial charge in [0.15, 0.2) is 0 Å². The number of para-hydroxylation sites is 1.